The van der Waals surface area contributed by atoms with E-state index in [-0.39, 0.29) is 11.9 Å². The van der Waals surface area contributed by atoms with E-state index in [4.69, 9.17) is 16.3 Å². The maximum atomic E-state index is 12.9. The van der Waals surface area contributed by atoms with Gasteiger partial charge >= 0.3 is 0 Å². The van der Waals surface area contributed by atoms with E-state index in [1.165, 1.54) is 11.1 Å². The fourth-order valence-electron chi connectivity index (χ4n) is 4.19. The van der Waals surface area contributed by atoms with Gasteiger partial charge in [0.2, 0.25) is 5.91 Å². The van der Waals surface area contributed by atoms with Crippen LogP contribution in [0.25, 0.3) is 0 Å². The first kappa shape index (κ1) is 21.4. The molecule has 1 heterocycles. The first-order valence-electron chi connectivity index (χ1n) is 10.6. The number of methoxy groups -OCH3 is 1. The Morgan fingerprint density at radius 2 is 1.58 bits per heavy atom. The van der Waals surface area contributed by atoms with Gasteiger partial charge in [-0.3, -0.25) is 9.69 Å². The second kappa shape index (κ2) is 9.99. The van der Waals surface area contributed by atoms with Crippen LogP contribution in [0.2, 0.25) is 5.02 Å². The quantitative estimate of drug-likeness (QED) is 0.557. The van der Waals surface area contributed by atoms with E-state index in [2.05, 4.69) is 41.3 Å². The maximum absolute atomic E-state index is 12.9. The number of rotatable bonds is 6. The van der Waals surface area contributed by atoms with Crippen molar-refractivity contribution < 1.29 is 9.53 Å². The molecule has 1 atom stereocenters. The zero-order chi connectivity index (χ0) is 21.6. The largest absolute Gasteiger partial charge is 0.497 e. The summed E-state index contributed by atoms with van der Waals surface area (Å²) in [5, 5.41) is 0.739. The Morgan fingerprint density at radius 1 is 0.903 bits per heavy atom. The summed E-state index contributed by atoms with van der Waals surface area (Å²) in [5.74, 6) is 0.944. The van der Waals surface area contributed by atoms with Crippen LogP contribution in [0.3, 0.4) is 0 Å². The van der Waals surface area contributed by atoms with Crippen molar-refractivity contribution in [2.75, 3.05) is 33.3 Å². The molecule has 3 aromatic rings. The molecule has 0 saturated carbocycles. The number of ether oxygens (including phenoxy) is 1. The van der Waals surface area contributed by atoms with E-state index < -0.39 is 0 Å². The van der Waals surface area contributed by atoms with Crippen molar-refractivity contribution >= 4 is 17.5 Å². The highest BCUT2D eigenvalue weighted by molar-refractivity contribution is 6.30. The average Bonchev–Trinajstić information content (AvgIpc) is 2.82. The van der Waals surface area contributed by atoms with Crippen molar-refractivity contribution in [1.82, 2.24) is 9.80 Å². The molecule has 1 aliphatic rings. The van der Waals surface area contributed by atoms with Crippen LogP contribution in [-0.4, -0.2) is 49.0 Å². The standard InChI is InChI=1S/C26H27ClN2O2/c1-31-24-9-5-6-20(18-24)19-25(30)28-14-16-29(17-15-28)26(21-7-3-2-4-8-21)22-10-12-23(27)13-11-22/h2-13,18,26H,14-17,19H2,1H3/t26-/m0/s1. The van der Waals surface area contributed by atoms with E-state index >= 15 is 0 Å². The van der Waals surface area contributed by atoms with E-state index in [9.17, 15) is 4.79 Å². The SMILES string of the molecule is COc1cccc(CC(=O)N2CCN([C@@H](c3ccccc3)c3ccc(Cl)cc3)CC2)c1. The van der Waals surface area contributed by atoms with Gasteiger partial charge in [0.05, 0.1) is 19.6 Å². The minimum atomic E-state index is 0.147. The summed E-state index contributed by atoms with van der Waals surface area (Å²) in [7, 11) is 1.64. The molecule has 0 aromatic heterocycles. The predicted molar refractivity (Wildman–Crippen MR) is 125 cm³/mol. The van der Waals surface area contributed by atoms with Gasteiger partial charge in [-0.1, -0.05) is 66.2 Å². The average molecular weight is 435 g/mol. The maximum Gasteiger partial charge on any atom is 0.227 e. The van der Waals surface area contributed by atoms with Crippen LogP contribution in [0.4, 0.5) is 0 Å². The molecule has 4 rings (SSSR count). The number of nitrogens with zero attached hydrogens (tertiary/aromatic N) is 2. The Kier molecular flexibility index (Phi) is 6.90. The van der Waals surface area contributed by atoms with Crippen LogP contribution in [0, 0.1) is 0 Å². The molecule has 1 saturated heterocycles. The molecule has 0 N–H and O–H groups in total. The van der Waals surface area contributed by atoms with Crippen molar-refractivity contribution in [3.63, 3.8) is 0 Å². The molecule has 1 fully saturated rings. The molecular formula is C26H27ClN2O2. The third kappa shape index (κ3) is 5.27. The molecule has 0 bridgehead atoms. The third-order valence-corrected chi connectivity index (χ3v) is 6.07. The lowest BCUT2D eigenvalue weighted by molar-refractivity contribution is -0.132. The van der Waals surface area contributed by atoms with Gasteiger partial charge in [-0.05, 0) is 41.0 Å². The minimum Gasteiger partial charge on any atom is -0.497 e. The summed E-state index contributed by atoms with van der Waals surface area (Å²) >= 11 is 6.12. The van der Waals surface area contributed by atoms with Crippen LogP contribution in [0.15, 0.2) is 78.9 Å². The fraction of sp³-hybridized carbons (Fsp3) is 0.269. The predicted octanol–water partition coefficient (Wildman–Crippen LogP) is 4.82. The summed E-state index contributed by atoms with van der Waals surface area (Å²) in [6.07, 6.45) is 0.399. The van der Waals surface area contributed by atoms with E-state index in [0.717, 1.165) is 42.5 Å². The second-order valence-electron chi connectivity index (χ2n) is 7.81. The number of benzene rings is 3. The number of carbonyl (C=O) groups excluding carboxylic acids is 1. The van der Waals surface area contributed by atoms with Crippen molar-refractivity contribution in [3.05, 3.63) is 101 Å². The Balaban J connectivity index is 1.45. The van der Waals surface area contributed by atoms with Gasteiger partial charge in [0.1, 0.15) is 5.75 Å². The topological polar surface area (TPSA) is 32.8 Å². The van der Waals surface area contributed by atoms with Crippen LogP contribution >= 0.6 is 11.6 Å². The molecule has 1 amide bonds. The summed E-state index contributed by atoms with van der Waals surface area (Å²) in [5.41, 5.74) is 3.45. The Hall–Kier alpha value is -2.82. The molecule has 4 nitrogen and oxygen atoms in total. The summed E-state index contributed by atoms with van der Waals surface area (Å²) in [6, 6.07) is 26.5. The van der Waals surface area contributed by atoms with E-state index in [1.807, 2.05) is 47.4 Å². The zero-order valence-corrected chi connectivity index (χ0v) is 18.5. The summed E-state index contributed by atoms with van der Waals surface area (Å²) in [4.78, 5) is 17.3. The van der Waals surface area contributed by atoms with Crippen molar-refractivity contribution in [1.29, 1.82) is 0 Å². The molecule has 0 aliphatic carbocycles. The molecule has 0 radical (unpaired) electrons. The monoisotopic (exact) mass is 434 g/mol. The van der Waals surface area contributed by atoms with Crippen molar-refractivity contribution in [2.24, 2.45) is 0 Å². The van der Waals surface area contributed by atoms with Gasteiger partial charge in [0, 0.05) is 31.2 Å². The molecule has 3 aromatic carbocycles. The van der Waals surface area contributed by atoms with Gasteiger partial charge in [0.25, 0.3) is 0 Å². The highest BCUT2D eigenvalue weighted by Gasteiger charge is 2.28. The zero-order valence-electron chi connectivity index (χ0n) is 17.7. The Bertz CT molecular complexity index is 999. The Labute approximate surface area is 189 Å². The van der Waals surface area contributed by atoms with Gasteiger partial charge < -0.3 is 9.64 Å². The lowest BCUT2D eigenvalue weighted by Crippen LogP contribution is -2.50. The number of hydrogen-bond donors (Lipinski definition) is 0. The van der Waals surface area contributed by atoms with Gasteiger partial charge in [0.15, 0.2) is 0 Å². The van der Waals surface area contributed by atoms with Crippen LogP contribution in [-0.2, 0) is 11.2 Å². The smallest absolute Gasteiger partial charge is 0.227 e. The highest BCUT2D eigenvalue weighted by Crippen LogP contribution is 2.30. The second-order valence-corrected chi connectivity index (χ2v) is 8.25. The molecular weight excluding hydrogens is 408 g/mol. The third-order valence-electron chi connectivity index (χ3n) is 5.82. The summed E-state index contributed by atoms with van der Waals surface area (Å²) in [6.45, 7) is 3.09. The number of amides is 1. The molecule has 1 aliphatic heterocycles. The van der Waals surface area contributed by atoms with Gasteiger partial charge in [-0.15, -0.1) is 0 Å². The number of hydrogen-bond acceptors (Lipinski definition) is 3. The van der Waals surface area contributed by atoms with Crippen LogP contribution in [0.1, 0.15) is 22.7 Å². The molecule has 5 heteroatoms. The van der Waals surface area contributed by atoms with E-state index in [0.29, 0.717) is 6.42 Å². The number of piperazine rings is 1. The summed E-state index contributed by atoms with van der Waals surface area (Å²) < 4.78 is 5.27. The number of carbonyl (C=O) groups is 1. The first-order valence-corrected chi connectivity index (χ1v) is 11.0. The highest BCUT2D eigenvalue weighted by atomic mass is 35.5. The number of halogens is 1. The minimum absolute atomic E-state index is 0.147. The molecule has 31 heavy (non-hydrogen) atoms. The Morgan fingerprint density at radius 3 is 2.26 bits per heavy atom. The van der Waals surface area contributed by atoms with Gasteiger partial charge in [-0.2, -0.15) is 0 Å². The van der Waals surface area contributed by atoms with Gasteiger partial charge in [-0.25, -0.2) is 0 Å². The van der Waals surface area contributed by atoms with Crippen molar-refractivity contribution in [2.45, 2.75) is 12.5 Å². The normalized spacial score (nSPS) is 15.5. The van der Waals surface area contributed by atoms with Crippen molar-refractivity contribution in [3.8, 4) is 5.75 Å². The van der Waals surface area contributed by atoms with E-state index in [1.54, 1.807) is 7.11 Å². The fourth-order valence-corrected chi connectivity index (χ4v) is 4.32. The lowest BCUT2D eigenvalue weighted by Gasteiger charge is -2.40. The molecule has 0 unspecified atom stereocenters. The first-order chi connectivity index (χ1) is 15.1. The van der Waals surface area contributed by atoms with Crippen LogP contribution in [0.5, 0.6) is 5.75 Å². The lowest BCUT2D eigenvalue weighted by atomic mass is 9.96. The van der Waals surface area contributed by atoms with Crippen LogP contribution < -0.4 is 4.74 Å². The molecule has 0 spiro atoms. The molecule has 160 valence electrons.